The Morgan fingerprint density at radius 2 is 1.53 bits per heavy atom. The van der Waals surface area contributed by atoms with Gasteiger partial charge in [-0.25, -0.2) is 0 Å². The topological polar surface area (TPSA) is 35.5 Å². The molecule has 19 heavy (non-hydrogen) atoms. The fourth-order valence-corrected chi connectivity index (χ4v) is 2.02. The van der Waals surface area contributed by atoms with E-state index in [2.05, 4.69) is 12.6 Å². The molecule has 0 fully saturated rings. The van der Waals surface area contributed by atoms with E-state index in [1.54, 1.807) is 0 Å². The van der Waals surface area contributed by atoms with Crippen molar-refractivity contribution in [1.82, 2.24) is 0 Å². The maximum absolute atomic E-state index is 11.4. The average molecular weight is 290 g/mol. The summed E-state index contributed by atoms with van der Waals surface area (Å²) in [5.74, 6) is 0.897. The molecule has 0 saturated heterocycles. The standard InChI is InChI=1S/C15H30O3S/c1-2-17-12-8-4-5-9-13-18-15(16)11-7-3-6-10-14-19/h19H,2-14H2,1H3. The van der Waals surface area contributed by atoms with Gasteiger partial charge in [0.05, 0.1) is 6.61 Å². The van der Waals surface area contributed by atoms with Gasteiger partial charge in [-0.15, -0.1) is 0 Å². The van der Waals surface area contributed by atoms with Gasteiger partial charge in [-0.1, -0.05) is 19.3 Å². The summed E-state index contributed by atoms with van der Waals surface area (Å²) in [6.07, 6.45) is 9.26. The molecule has 114 valence electrons. The van der Waals surface area contributed by atoms with E-state index < -0.39 is 0 Å². The molecule has 0 aromatic carbocycles. The van der Waals surface area contributed by atoms with Gasteiger partial charge in [-0.05, 0) is 44.8 Å². The van der Waals surface area contributed by atoms with Crippen LogP contribution in [0, 0.1) is 0 Å². The molecular formula is C15H30O3S. The van der Waals surface area contributed by atoms with Crippen molar-refractivity contribution in [1.29, 1.82) is 0 Å². The Morgan fingerprint density at radius 1 is 0.895 bits per heavy atom. The molecule has 0 saturated carbocycles. The molecule has 0 spiro atoms. The van der Waals surface area contributed by atoms with Crippen LogP contribution in [0.15, 0.2) is 0 Å². The fraction of sp³-hybridized carbons (Fsp3) is 0.933. The molecule has 4 heteroatoms. The van der Waals surface area contributed by atoms with Gasteiger partial charge in [0.1, 0.15) is 0 Å². The van der Waals surface area contributed by atoms with E-state index in [0.29, 0.717) is 13.0 Å². The second-order valence-corrected chi connectivity index (χ2v) is 5.17. The third kappa shape index (κ3) is 15.7. The molecule has 0 rings (SSSR count). The highest BCUT2D eigenvalue weighted by Gasteiger charge is 2.02. The van der Waals surface area contributed by atoms with Crippen LogP contribution in [0.25, 0.3) is 0 Å². The van der Waals surface area contributed by atoms with Crippen molar-refractivity contribution in [3.63, 3.8) is 0 Å². The van der Waals surface area contributed by atoms with E-state index in [1.807, 2.05) is 6.92 Å². The number of thiol groups is 1. The SMILES string of the molecule is CCOCCCCCCOC(=O)CCCCCCS. The largest absolute Gasteiger partial charge is 0.466 e. The fourth-order valence-electron chi connectivity index (χ4n) is 1.80. The van der Waals surface area contributed by atoms with E-state index in [-0.39, 0.29) is 5.97 Å². The second kappa shape index (κ2) is 15.8. The van der Waals surface area contributed by atoms with Crippen LogP contribution in [0.5, 0.6) is 0 Å². The predicted molar refractivity (Wildman–Crippen MR) is 82.9 cm³/mol. The quantitative estimate of drug-likeness (QED) is 0.298. The third-order valence-corrected chi connectivity index (χ3v) is 3.26. The number of ether oxygens (including phenoxy) is 2. The first kappa shape index (κ1) is 18.8. The lowest BCUT2D eigenvalue weighted by molar-refractivity contribution is -0.143. The van der Waals surface area contributed by atoms with Gasteiger partial charge in [0.15, 0.2) is 0 Å². The third-order valence-electron chi connectivity index (χ3n) is 2.94. The molecule has 0 aromatic rings. The van der Waals surface area contributed by atoms with Crippen LogP contribution in [0.4, 0.5) is 0 Å². The van der Waals surface area contributed by atoms with Crippen LogP contribution in [0.1, 0.15) is 64.7 Å². The molecular weight excluding hydrogens is 260 g/mol. The number of carbonyl (C=O) groups is 1. The van der Waals surface area contributed by atoms with Crippen LogP contribution >= 0.6 is 12.6 Å². The minimum absolute atomic E-state index is 0.0415. The van der Waals surface area contributed by atoms with E-state index >= 15 is 0 Å². The summed E-state index contributed by atoms with van der Waals surface area (Å²) in [6.45, 7) is 4.23. The maximum atomic E-state index is 11.4. The Hall–Kier alpha value is -0.220. The summed E-state index contributed by atoms with van der Waals surface area (Å²) in [7, 11) is 0. The lowest BCUT2D eigenvalue weighted by Crippen LogP contribution is -2.05. The minimum Gasteiger partial charge on any atom is -0.466 e. The zero-order valence-corrected chi connectivity index (χ0v) is 13.3. The second-order valence-electron chi connectivity index (χ2n) is 4.72. The van der Waals surface area contributed by atoms with Gasteiger partial charge in [0, 0.05) is 19.6 Å². The van der Waals surface area contributed by atoms with Gasteiger partial charge >= 0.3 is 5.97 Å². The highest BCUT2D eigenvalue weighted by Crippen LogP contribution is 2.06. The molecule has 3 nitrogen and oxygen atoms in total. The average Bonchev–Trinajstić information content (AvgIpc) is 2.41. The van der Waals surface area contributed by atoms with Gasteiger partial charge < -0.3 is 9.47 Å². The molecule has 0 N–H and O–H groups in total. The van der Waals surface area contributed by atoms with E-state index in [0.717, 1.165) is 70.3 Å². The summed E-state index contributed by atoms with van der Waals surface area (Å²) >= 11 is 4.16. The molecule has 0 bridgehead atoms. The normalized spacial score (nSPS) is 10.6. The molecule has 0 aromatic heterocycles. The number of hydrogen-bond donors (Lipinski definition) is 1. The zero-order valence-electron chi connectivity index (χ0n) is 12.4. The first-order chi connectivity index (χ1) is 9.31. The highest BCUT2D eigenvalue weighted by atomic mass is 32.1. The number of hydrogen-bond acceptors (Lipinski definition) is 4. The Bertz CT molecular complexity index is 198. The van der Waals surface area contributed by atoms with Crippen LogP contribution in [0.2, 0.25) is 0 Å². The summed E-state index contributed by atoms with van der Waals surface area (Å²) < 4.78 is 10.5. The van der Waals surface area contributed by atoms with Crippen LogP contribution in [-0.4, -0.2) is 31.5 Å². The Balaban J connectivity index is 3.12. The molecule has 0 aliphatic carbocycles. The summed E-state index contributed by atoms with van der Waals surface area (Å²) in [5, 5.41) is 0. The first-order valence-corrected chi connectivity index (χ1v) is 8.28. The van der Waals surface area contributed by atoms with Crippen LogP contribution in [-0.2, 0) is 14.3 Å². The van der Waals surface area contributed by atoms with Crippen LogP contribution < -0.4 is 0 Å². The first-order valence-electron chi connectivity index (χ1n) is 7.65. The molecule has 0 atom stereocenters. The number of rotatable bonds is 14. The molecule has 0 radical (unpaired) electrons. The maximum Gasteiger partial charge on any atom is 0.305 e. The molecule has 0 amide bonds. The van der Waals surface area contributed by atoms with E-state index in [1.165, 1.54) is 0 Å². The van der Waals surface area contributed by atoms with Gasteiger partial charge in [-0.3, -0.25) is 4.79 Å². The monoisotopic (exact) mass is 290 g/mol. The van der Waals surface area contributed by atoms with Gasteiger partial charge in [-0.2, -0.15) is 12.6 Å². The zero-order chi connectivity index (χ0) is 14.2. The predicted octanol–water partition coefficient (Wildman–Crippen LogP) is 4.01. The Labute approximate surface area is 123 Å². The van der Waals surface area contributed by atoms with E-state index in [4.69, 9.17) is 9.47 Å². The van der Waals surface area contributed by atoms with Crippen LogP contribution in [0.3, 0.4) is 0 Å². The smallest absolute Gasteiger partial charge is 0.305 e. The van der Waals surface area contributed by atoms with Gasteiger partial charge in [0.25, 0.3) is 0 Å². The minimum atomic E-state index is -0.0415. The molecule has 0 aliphatic rings. The molecule has 0 aliphatic heterocycles. The lowest BCUT2D eigenvalue weighted by atomic mass is 10.1. The lowest BCUT2D eigenvalue weighted by Gasteiger charge is -2.05. The van der Waals surface area contributed by atoms with Crippen molar-refractivity contribution in [2.75, 3.05) is 25.6 Å². The van der Waals surface area contributed by atoms with Crippen molar-refractivity contribution in [2.24, 2.45) is 0 Å². The Kier molecular flexibility index (Phi) is 15.7. The van der Waals surface area contributed by atoms with Crippen molar-refractivity contribution in [3.8, 4) is 0 Å². The van der Waals surface area contributed by atoms with E-state index in [9.17, 15) is 4.79 Å². The molecule has 0 unspecified atom stereocenters. The number of unbranched alkanes of at least 4 members (excludes halogenated alkanes) is 6. The highest BCUT2D eigenvalue weighted by molar-refractivity contribution is 7.80. The van der Waals surface area contributed by atoms with Crippen molar-refractivity contribution >= 4 is 18.6 Å². The number of esters is 1. The molecule has 0 heterocycles. The Morgan fingerprint density at radius 3 is 2.21 bits per heavy atom. The number of carbonyl (C=O) groups excluding carboxylic acids is 1. The van der Waals surface area contributed by atoms with Crippen molar-refractivity contribution in [3.05, 3.63) is 0 Å². The van der Waals surface area contributed by atoms with Crippen molar-refractivity contribution < 1.29 is 14.3 Å². The van der Waals surface area contributed by atoms with Crippen molar-refractivity contribution in [2.45, 2.75) is 64.7 Å². The summed E-state index contributed by atoms with van der Waals surface area (Å²) in [5.41, 5.74) is 0. The summed E-state index contributed by atoms with van der Waals surface area (Å²) in [6, 6.07) is 0. The van der Waals surface area contributed by atoms with Gasteiger partial charge in [0.2, 0.25) is 0 Å². The summed E-state index contributed by atoms with van der Waals surface area (Å²) in [4.78, 5) is 11.4.